The van der Waals surface area contributed by atoms with Crippen molar-refractivity contribution in [3.05, 3.63) is 40.8 Å². The van der Waals surface area contributed by atoms with E-state index in [4.69, 9.17) is 5.73 Å². The molecule has 0 atom stereocenters. The SMILES string of the molecule is Cc1nc(N)c2cnn(-c3cccc(Br)c3)c2n1. The average molecular weight is 304 g/mol. The quantitative estimate of drug-likeness (QED) is 0.750. The van der Waals surface area contributed by atoms with Crippen LogP contribution in [0.25, 0.3) is 16.7 Å². The zero-order chi connectivity index (χ0) is 12.7. The van der Waals surface area contributed by atoms with E-state index in [1.165, 1.54) is 0 Å². The molecule has 2 aromatic heterocycles. The van der Waals surface area contributed by atoms with Crippen LogP contribution in [0.5, 0.6) is 0 Å². The van der Waals surface area contributed by atoms with E-state index in [9.17, 15) is 0 Å². The predicted molar refractivity (Wildman–Crippen MR) is 73.5 cm³/mol. The number of rotatable bonds is 1. The van der Waals surface area contributed by atoms with Crippen LogP contribution in [-0.2, 0) is 0 Å². The summed E-state index contributed by atoms with van der Waals surface area (Å²) in [4.78, 5) is 8.53. The van der Waals surface area contributed by atoms with Gasteiger partial charge in [0.25, 0.3) is 0 Å². The van der Waals surface area contributed by atoms with Gasteiger partial charge in [0.2, 0.25) is 0 Å². The number of aromatic nitrogens is 4. The van der Waals surface area contributed by atoms with Crippen molar-refractivity contribution in [2.45, 2.75) is 6.92 Å². The van der Waals surface area contributed by atoms with E-state index in [0.29, 0.717) is 11.6 Å². The number of fused-ring (bicyclic) bond motifs is 1. The molecule has 0 radical (unpaired) electrons. The van der Waals surface area contributed by atoms with Crippen LogP contribution in [-0.4, -0.2) is 19.7 Å². The Labute approximate surface area is 112 Å². The van der Waals surface area contributed by atoms with Crippen LogP contribution >= 0.6 is 15.9 Å². The molecule has 6 heteroatoms. The van der Waals surface area contributed by atoms with Gasteiger partial charge in [0, 0.05) is 4.47 Å². The third kappa shape index (κ3) is 1.74. The van der Waals surface area contributed by atoms with E-state index < -0.39 is 0 Å². The van der Waals surface area contributed by atoms with Crippen molar-refractivity contribution in [2.75, 3.05) is 5.73 Å². The molecule has 90 valence electrons. The highest BCUT2D eigenvalue weighted by Gasteiger charge is 2.10. The van der Waals surface area contributed by atoms with E-state index in [1.54, 1.807) is 10.9 Å². The highest BCUT2D eigenvalue weighted by atomic mass is 79.9. The third-order valence-corrected chi connectivity index (χ3v) is 3.12. The zero-order valence-corrected chi connectivity index (χ0v) is 11.2. The van der Waals surface area contributed by atoms with Crippen molar-refractivity contribution in [3.63, 3.8) is 0 Å². The lowest BCUT2D eigenvalue weighted by atomic mass is 10.3. The molecule has 1 aromatic carbocycles. The number of hydrogen-bond acceptors (Lipinski definition) is 4. The number of nitrogens with zero attached hydrogens (tertiary/aromatic N) is 4. The first kappa shape index (κ1) is 11.2. The van der Waals surface area contributed by atoms with E-state index >= 15 is 0 Å². The fourth-order valence-corrected chi connectivity index (χ4v) is 2.23. The molecule has 0 spiro atoms. The second-order valence-corrected chi connectivity index (χ2v) is 4.85. The van der Waals surface area contributed by atoms with Gasteiger partial charge in [-0.15, -0.1) is 0 Å². The van der Waals surface area contributed by atoms with Crippen LogP contribution < -0.4 is 5.73 Å². The summed E-state index contributed by atoms with van der Waals surface area (Å²) < 4.78 is 2.74. The van der Waals surface area contributed by atoms with Crippen molar-refractivity contribution in [3.8, 4) is 5.69 Å². The molecule has 0 unspecified atom stereocenters. The minimum Gasteiger partial charge on any atom is -0.383 e. The van der Waals surface area contributed by atoms with Gasteiger partial charge in [0.05, 0.1) is 17.3 Å². The van der Waals surface area contributed by atoms with Crippen LogP contribution in [0.2, 0.25) is 0 Å². The van der Waals surface area contributed by atoms with Crippen LogP contribution in [0.3, 0.4) is 0 Å². The van der Waals surface area contributed by atoms with Crippen LogP contribution in [0.15, 0.2) is 34.9 Å². The molecule has 0 aliphatic rings. The fourth-order valence-electron chi connectivity index (χ4n) is 1.84. The summed E-state index contributed by atoms with van der Waals surface area (Å²) in [5, 5.41) is 5.09. The van der Waals surface area contributed by atoms with Gasteiger partial charge in [-0.1, -0.05) is 22.0 Å². The molecule has 0 amide bonds. The minimum absolute atomic E-state index is 0.457. The zero-order valence-electron chi connectivity index (χ0n) is 9.63. The van der Waals surface area contributed by atoms with Crippen LogP contribution in [0.4, 0.5) is 5.82 Å². The first-order valence-corrected chi connectivity index (χ1v) is 6.18. The van der Waals surface area contributed by atoms with E-state index in [1.807, 2.05) is 31.2 Å². The maximum Gasteiger partial charge on any atom is 0.168 e. The largest absolute Gasteiger partial charge is 0.383 e. The molecule has 0 saturated carbocycles. The van der Waals surface area contributed by atoms with Crippen molar-refractivity contribution < 1.29 is 0 Å². The number of nitrogen functional groups attached to an aromatic ring is 1. The van der Waals surface area contributed by atoms with Crippen LogP contribution in [0, 0.1) is 6.92 Å². The summed E-state index contributed by atoms with van der Waals surface area (Å²) in [6, 6.07) is 7.85. The molecule has 2 heterocycles. The fraction of sp³-hybridized carbons (Fsp3) is 0.0833. The number of aryl methyl sites for hydroxylation is 1. The molecule has 0 saturated heterocycles. The molecular formula is C12H10BrN5. The van der Waals surface area contributed by atoms with Gasteiger partial charge in [-0.2, -0.15) is 5.10 Å². The Bertz CT molecular complexity index is 734. The summed E-state index contributed by atoms with van der Waals surface area (Å²) >= 11 is 3.44. The summed E-state index contributed by atoms with van der Waals surface area (Å²) in [6.45, 7) is 1.81. The van der Waals surface area contributed by atoms with Gasteiger partial charge in [-0.3, -0.25) is 0 Å². The predicted octanol–water partition coefficient (Wildman–Crippen LogP) is 2.47. The van der Waals surface area contributed by atoms with Crippen molar-refractivity contribution in [1.29, 1.82) is 0 Å². The van der Waals surface area contributed by atoms with Crippen molar-refractivity contribution in [2.24, 2.45) is 0 Å². The summed E-state index contributed by atoms with van der Waals surface area (Å²) in [6.07, 6.45) is 1.69. The maximum atomic E-state index is 5.86. The lowest BCUT2D eigenvalue weighted by Crippen LogP contribution is -2.01. The molecule has 0 bridgehead atoms. The Morgan fingerprint density at radius 2 is 2.11 bits per heavy atom. The normalized spacial score (nSPS) is 11.0. The Hall–Kier alpha value is -1.95. The molecule has 2 N–H and O–H groups in total. The third-order valence-electron chi connectivity index (χ3n) is 2.62. The number of benzene rings is 1. The average Bonchev–Trinajstić information content (AvgIpc) is 2.72. The molecule has 0 fully saturated rings. The molecule has 18 heavy (non-hydrogen) atoms. The van der Waals surface area contributed by atoms with E-state index in [0.717, 1.165) is 21.2 Å². The second-order valence-electron chi connectivity index (χ2n) is 3.93. The monoisotopic (exact) mass is 303 g/mol. The van der Waals surface area contributed by atoms with Gasteiger partial charge >= 0.3 is 0 Å². The van der Waals surface area contributed by atoms with Gasteiger partial charge in [-0.25, -0.2) is 14.6 Å². The molecule has 0 aliphatic carbocycles. The highest BCUT2D eigenvalue weighted by molar-refractivity contribution is 9.10. The van der Waals surface area contributed by atoms with E-state index in [-0.39, 0.29) is 0 Å². The van der Waals surface area contributed by atoms with Gasteiger partial charge in [0.1, 0.15) is 11.6 Å². The van der Waals surface area contributed by atoms with Crippen LogP contribution in [0.1, 0.15) is 5.82 Å². The molecule has 5 nitrogen and oxygen atoms in total. The topological polar surface area (TPSA) is 69.6 Å². The Morgan fingerprint density at radius 3 is 2.89 bits per heavy atom. The standard InChI is InChI=1S/C12H10BrN5/c1-7-16-11(14)10-6-15-18(12(10)17-7)9-4-2-3-8(13)5-9/h2-6H,1H3,(H2,14,16,17). The number of anilines is 1. The molecule has 3 aromatic rings. The van der Waals surface area contributed by atoms with Gasteiger partial charge < -0.3 is 5.73 Å². The summed E-state index contributed by atoms with van der Waals surface area (Å²) in [5.74, 6) is 1.09. The minimum atomic E-state index is 0.457. The van der Waals surface area contributed by atoms with Gasteiger partial charge in [0.15, 0.2) is 5.65 Å². The number of halogens is 1. The maximum absolute atomic E-state index is 5.86. The smallest absolute Gasteiger partial charge is 0.168 e. The lowest BCUT2D eigenvalue weighted by molar-refractivity contribution is 0.889. The second kappa shape index (κ2) is 4.06. The Kier molecular flexibility index (Phi) is 2.52. The number of hydrogen-bond donors (Lipinski definition) is 1. The molecule has 0 aliphatic heterocycles. The lowest BCUT2D eigenvalue weighted by Gasteiger charge is -2.04. The molecular weight excluding hydrogens is 294 g/mol. The highest BCUT2D eigenvalue weighted by Crippen LogP contribution is 2.22. The first-order valence-electron chi connectivity index (χ1n) is 5.39. The van der Waals surface area contributed by atoms with Crippen molar-refractivity contribution >= 4 is 32.8 Å². The molecule has 3 rings (SSSR count). The Balaban J connectivity index is 2.30. The first-order chi connectivity index (χ1) is 8.65. The van der Waals surface area contributed by atoms with Gasteiger partial charge in [-0.05, 0) is 25.1 Å². The summed E-state index contributed by atoms with van der Waals surface area (Å²) in [7, 11) is 0. The Morgan fingerprint density at radius 1 is 1.28 bits per heavy atom. The number of nitrogens with two attached hydrogens (primary N) is 1. The summed E-state index contributed by atoms with van der Waals surface area (Å²) in [5.41, 5.74) is 7.51. The van der Waals surface area contributed by atoms with E-state index in [2.05, 4.69) is 31.0 Å². The van der Waals surface area contributed by atoms with Crippen molar-refractivity contribution in [1.82, 2.24) is 19.7 Å².